The summed E-state index contributed by atoms with van der Waals surface area (Å²) in [4.78, 5) is 12.4. The number of phenols is 2. The second-order valence-electron chi connectivity index (χ2n) is 6.48. The number of aromatic carboxylic acids is 1. The van der Waals surface area contributed by atoms with Gasteiger partial charge in [-0.2, -0.15) is 0 Å². The monoisotopic (exact) mass is 1090 g/mol. The average Bonchev–Trinajstić information content (AvgIpc) is 2.72. The van der Waals surface area contributed by atoms with Crippen LogP contribution in [0.5, 0.6) is 11.5 Å². The first kappa shape index (κ1) is 29.3. The minimum Gasteiger partial charge on any atom is -0.505 e. The number of benzene rings is 3. The number of phenolic OH excluding ortho intramolecular Hbond substituents is 2. The first-order chi connectivity index (χ1) is 15.0. The summed E-state index contributed by atoms with van der Waals surface area (Å²) >= 11 is 18.6. The van der Waals surface area contributed by atoms with E-state index >= 15 is 0 Å². The fraction of sp³-hybridized carbons (Fsp3) is 0. The average molecular weight is 1100 g/mol. The number of carboxylic acid groups (broad SMARTS) is 1. The number of rotatable bonds is 2. The summed E-state index contributed by atoms with van der Waals surface area (Å²) in [6, 6.07) is 5.21. The summed E-state index contributed by atoms with van der Waals surface area (Å²) in [6.07, 6.45) is 0. The second kappa shape index (κ2) is 11.2. The second-order valence-corrected chi connectivity index (χ2v) is 13.5. The Labute approximate surface area is 289 Å². The van der Waals surface area contributed by atoms with Crippen molar-refractivity contribution in [3.8, 4) is 22.6 Å². The van der Waals surface area contributed by atoms with Crippen LogP contribution >= 0.6 is 138 Å². The topological polar surface area (TPSA) is 89.1 Å². The summed E-state index contributed by atoms with van der Waals surface area (Å²) in [6.45, 7) is 0. The third-order valence-electron chi connectivity index (χ3n) is 4.68. The van der Waals surface area contributed by atoms with Crippen LogP contribution < -0.4 is 29.6 Å². The van der Waals surface area contributed by atoms with Gasteiger partial charge in [0, 0.05) is 24.5 Å². The molecule has 1 heterocycles. The van der Waals surface area contributed by atoms with Crippen molar-refractivity contribution in [3.63, 3.8) is 0 Å². The zero-order valence-electron chi connectivity index (χ0n) is 16.0. The molecule has 1 aromatic heterocycles. The van der Waals surface area contributed by atoms with Gasteiger partial charge in [0.15, 0.2) is 18.6 Å². The number of carboxylic acids is 1. The van der Waals surface area contributed by atoms with Crippen molar-refractivity contribution in [2.75, 3.05) is 0 Å². The molecule has 13 heteroatoms. The Balaban J connectivity index is 0.00000306. The molecule has 0 aliphatic heterocycles. The maximum absolute atomic E-state index is 12.4. The molecule has 0 radical (unpaired) electrons. The number of hydrogen-bond acceptors (Lipinski definition) is 3. The van der Waals surface area contributed by atoms with Crippen LogP contribution in [-0.2, 0) is 0 Å². The molecule has 164 valence electrons. The van der Waals surface area contributed by atoms with Crippen LogP contribution in [0.2, 0.25) is 0 Å². The molecule has 0 saturated heterocycles. The maximum atomic E-state index is 12.4. The van der Waals surface area contributed by atoms with Gasteiger partial charge in [-0.25, -0.2) is 9.21 Å². The van der Waals surface area contributed by atoms with Crippen LogP contribution in [0, 0.1) is 14.3 Å². The van der Waals surface area contributed by atoms with E-state index in [2.05, 4.69) is 47.8 Å². The largest absolute Gasteiger partial charge is 1.00 e. The van der Waals surface area contributed by atoms with E-state index in [1.54, 1.807) is 18.2 Å². The van der Waals surface area contributed by atoms with E-state index in [1.165, 1.54) is 0 Å². The van der Waals surface area contributed by atoms with Crippen LogP contribution in [0.25, 0.3) is 33.1 Å². The summed E-state index contributed by atoms with van der Waals surface area (Å²) in [5, 5.41) is 32.5. The minimum atomic E-state index is -1.10. The van der Waals surface area contributed by atoms with Gasteiger partial charge in [-0.15, -0.1) is 0 Å². The third kappa shape index (κ3) is 5.09. The molecule has 3 aromatic carbocycles. The van der Waals surface area contributed by atoms with Crippen LogP contribution in [0.4, 0.5) is 0 Å². The van der Waals surface area contributed by atoms with Gasteiger partial charge in [0.25, 0.3) is 0 Å². The molecular weight excluding hydrogens is 1090 g/mol. The van der Waals surface area contributed by atoms with E-state index < -0.39 is 5.97 Å². The van der Waals surface area contributed by atoms with Crippen molar-refractivity contribution < 1.29 is 54.1 Å². The Kier molecular flexibility index (Phi) is 9.99. The fourth-order valence-electron chi connectivity index (χ4n) is 3.31. The van der Waals surface area contributed by atoms with E-state index in [0.29, 0.717) is 60.8 Å². The van der Waals surface area contributed by atoms with Gasteiger partial charge < -0.3 is 15.3 Å². The molecule has 4 aromatic rings. The maximum Gasteiger partial charge on any atom is 1.00 e. The molecule has 0 amide bonds. The molecule has 0 atom stereocenters. The van der Waals surface area contributed by atoms with Crippen molar-refractivity contribution in [2.45, 2.75) is 0 Å². The van der Waals surface area contributed by atoms with Crippen molar-refractivity contribution >= 4 is 166 Å². The number of halogens is 7. The first-order valence-electron chi connectivity index (χ1n) is 8.34. The Hall–Kier alpha value is 1.76. The molecule has 0 unspecified atom stereocenters. The van der Waals surface area contributed by atoms with Crippen LogP contribution in [0.3, 0.4) is 0 Å². The zero-order chi connectivity index (χ0) is 23.6. The quantitative estimate of drug-likeness (QED) is 0.0717. The molecule has 0 spiro atoms. The standard InChI is InChI=1S/C20H5Br3I4O5.Na/c21-6-3-7(22)13(23)12(11(6)20(30)31)10-4-1-8(24)16(28)14(26)18(4)32-19-5(10)2-9(25)17(29)15(19)27;/h1-3H,(H2-,28,29,30,31);/q;+1/p+1. The van der Waals surface area contributed by atoms with E-state index in [1.807, 2.05) is 90.4 Å². The predicted molar refractivity (Wildman–Crippen MR) is 168 cm³/mol. The molecule has 33 heavy (non-hydrogen) atoms. The third-order valence-corrected chi connectivity index (χ3v) is 10.9. The van der Waals surface area contributed by atoms with E-state index in [9.17, 15) is 20.1 Å². The molecule has 0 fully saturated rings. The van der Waals surface area contributed by atoms with Gasteiger partial charge in [-0.05, 0) is 156 Å². The van der Waals surface area contributed by atoms with Crippen molar-refractivity contribution in [1.29, 1.82) is 0 Å². The van der Waals surface area contributed by atoms with Crippen LogP contribution in [-0.4, -0.2) is 21.3 Å². The van der Waals surface area contributed by atoms with Gasteiger partial charge in [-0.1, -0.05) is 0 Å². The summed E-state index contributed by atoms with van der Waals surface area (Å²) in [5.74, 6) is -0.954. The number of hydrogen-bond donors (Lipinski definition) is 3. The molecule has 3 N–H and O–H groups in total. The summed E-state index contributed by atoms with van der Waals surface area (Å²) < 4.78 is 10.0. The van der Waals surface area contributed by atoms with Gasteiger partial charge >= 0.3 is 46.7 Å². The molecule has 5 nitrogen and oxygen atoms in total. The van der Waals surface area contributed by atoms with E-state index in [0.717, 1.165) is 0 Å². The Morgan fingerprint density at radius 1 is 0.788 bits per heavy atom. The molecular formula is C20H6Br3I4NaO5+2. The fourth-order valence-corrected chi connectivity index (χ4v) is 8.73. The van der Waals surface area contributed by atoms with Crippen molar-refractivity contribution in [2.24, 2.45) is 0 Å². The predicted octanol–water partition coefficient (Wildman–Crippen LogP) is 6.35. The Morgan fingerprint density at radius 2 is 1.24 bits per heavy atom. The number of fused-ring (bicyclic) bond motifs is 2. The van der Waals surface area contributed by atoms with Gasteiger partial charge in [0.2, 0.25) is 0 Å². The minimum absolute atomic E-state index is 0. The van der Waals surface area contributed by atoms with Crippen LogP contribution in [0.15, 0.2) is 36.0 Å². The van der Waals surface area contributed by atoms with Gasteiger partial charge in [0.1, 0.15) is 0 Å². The molecule has 4 rings (SSSR count). The molecule has 0 aliphatic carbocycles. The summed E-state index contributed by atoms with van der Waals surface area (Å²) in [5.41, 5.74) is 1.91. The normalized spacial score (nSPS) is 11.1. The smallest absolute Gasteiger partial charge is 0.505 e. The molecule has 0 bridgehead atoms. The SMILES string of the molecule is O=C(O)c1c(Br)cc(Br)c(Br)c1-c1c2cc(I)c(O)c(I)c2[o+]c2c(I)c(O)c(I)cc12.[Na+]. The number of carbonyl (C=O) groups is 1. The van der Waals surface area contributed by atoms with Gasteiger partial charge in [0.05, 0.1) is 23.5 Å². The van der Waals surface area contributed by atoms with E-state index in [-0.39, 0.29) is 46.6 Å². The van der Waals surface area contributed by atoms with Crippen LogP contribution in [0.1, 0.15) is 10.4 Å². The van der Waals surface area contributed by atoms with E-state index in [4.69, 9.17) is 4.42 Å². The zero-order valence-corrected chi connectivity index (χ0v) is 31.4. The van der Waals surface area contributed by atoms with Gasteiger partial charge in [-0.3, -0.25) is 0 Å². The molecule has 0 saturated carbocycles. The van der Waals surface area contributed by atoms with Crippen molar-refractivity contribution in [3.05, 3.63) is 51.5 Å². The summed E-state index contributed by atoms with van der Waals surface area (Å²) in [7, 11) is 0. The molecule has 0 aliphatic rings. The first-order valence-corrected chi connectivity index (χ1v) is 15.0. The Morgan fingerprint density at radius 3 is 1.67 bits per heavy atom. The van der Waals surface area contributed by atoms with Crippen molar-refractivity contribution in [1.82, 2.24) is 0 Å². The number of aromatic hydroxyl groups is 2. The Bertz CT molecular complexity index is 1440.